The summed E-state index contributed by atoms with van der Waals surface area (Å²) < 4.78 is 64.0. The zero-order valence-electron chi connectivity index (χ0n) is 23.6. The van der Waals surface area contributed by atoms with E-state index in [1.165, 1.54) is 13.3 Å². The van der Waals surface area contributed by atoms with Crippen molar-refractivity contribution < 1.29 is 31.1 Å². The average molecular weight is 584 g/mol. The predicted octanol–water partition coefficient (Wildman–Crippen LogP) is 5.06. The highest BCUT2D eigenvalue weighted by Crippen LogP contribution is 2.41. The van der Waals surface area contributed by atoms with Gasteiger partial charge in [-0.2, -0.15) is 26.9 Å². The number of halogens is 3. The Labute approximate surface area is 236 Å². The van der Waals surface area contributed by atoms with Crippen LogP contribution in [0.5, 0.6) is 5.75 Å². The second-order valence-corrected chi connectivity index (χ2v) is 11.0. The fourth-order valence-corrected chi connectivity index (χ4v) is 4.77. The Balaban J connectivity index is 0.00000178. The molecule has 9 nitrogen and oxygen atoms in total. The van der Waals surface area contributed by atoms with Crippen LogP contribution in [0.15, 0.2) is 12.3 Å². The highest BCUT2D eigenvalue weighted by molar-refractivity contribution is 7.51. The Morgan fingerprint density at radius 1 is 1.30 bits per heavy atom. The number of rotatable bonds is 8. The van der Waals surface area contributed by atoms with E-state index in [1.54, 1.807) is 17.6 Å². The van der Waals surface area contributed by atoms with Gasteiger partial charge in [0.15, 0.2) is 11.6 Å². The lowest BCUT2D eigenvalue weighted by Gasteiger charge is -2.33. The molecule has 0 aliphatic heterocycles. The van der Waals surface area contributed by atoms with E-state index in [2.05, 4.69) is 28.3 Å². The van der Waals surface area contributed by atoms with Crippen LogP contribution in [0.3, 0.4) is 0 Å². The van der Waals surface area contributed by atoms with Crippen molar-refractivity contribution in [3.05, 3.63) is 35.0 Å². The summed E-state index contributed by atoms with van der Waals surface area (Å²) in [6, 6.07) is 3.97. The molecule has 1 fully saturated rings. The maximum atomic E-state index is 13.4. The van der Waals surface area contributed by atoms with Gasteiger partial charge in [-0.3, -0.25) is 9.36 Å². The first-order chi connectivity index (χ1) is 18.7. The van der Waals surface area contributed by atoms with Gasteiger partial charge in [0.2, 0.25) is 0 Å². The first-order valence-corrected chi connectivity index (χ1v) is 13.6. The van der Waals surface area contributed by atoms with Crippen LogP contribution in [0.1, 0.15) is 80.9 Å². The predicted molar refractivity (Wildman–Crippen MR) is 142 cm³/mol. The third kappa shape index (κ3) is 7.47. The minimum atomic E-state index is -4.36. The van der Waals surface area contributed by atoms with E-state index in [0.29, 0.717) is 35.2 Å². The van der Waals surface area contributed by atoms with Gasteiger partial charge in [0.1, 0.15) is 11.5 Å². The van der Waals surface area contributed by atoms with Crippen LogP contribution in [0.2, 0.25) is 0 Å². The quantitative estimate of drug-likeness (QED) is 0.460. The zero-order chi connectivity index (χ0) is 30.3. The maximum Gasteiger partial charge on any atom is 0.394 e. The summed E-state index contributed by atoms with van der Waals surface area (Å²) in [4.78, 5) is 22.1. The Morgan fingerprint density at radius 3 is 2.40 bits per heavy atom. The average Bonchev–Trinajstić information content (AvgIpc) is 3.24. The van der Waals surface area contributed by atoms with Crippen molar-refractivity contribution in [3.63, 3.8) is 0 Å². The van der Waals surface area contributed by atoms with Crippen LogP contribution in [-0.4, -0.2) is 48.7 Å². The molecular formula is C27H36F3N5O4S. The van der Waals surface area contributed by atoms with E-state index in [1.807, 2.05) is 6.92 Å². The maximum absolute atomic E-state index is 13.4. The highest BCUT2D eigenvalue weighted by Gasteiger charge is 2.47. The summed E-state index contributed by atoms with van der Waals surface area (Å²) in [6.07, 6.45) is 0.687. The fraction of sp³-hybridized carbons (Fsp3) is 0.630. The number of aryl methyl sites for hydroxylation is 1. The summed E-state index contributed by atoms with van der Waals surface area (Å²) >= 11 is -0.750. The van der Waals surface area contributed by atoms with Gasteiger partial charge in [0.05, 0.1) is 29.7 Å². The molecule has 1 N–H and O–H groups in total. The molecule has 2 aromatic rings. The van der Waals surface area contributed by atoms with Crippen molar-refractivity contribution in [1.29, 1.82) is 5.26 Å². The molecule has 1 saturated carbocycles. The molecule has 0 saturated heterocycles. The van der Waals surface area contributed by atoms with Crippen LogP contribution in [-0.2, 0) is 24.4 Å². The zero-order valence-corrected chi connectivity index (χ0v) is 24.5. The van der Waals surface area contributed by atoms with E-state index in [-0.39, 0.29) is 30.3 Å². The van der Waals surface area contributed by atoms with E-state index in [0.717, 1.165) is 39.5 Å². The van der Waals surface area contributed by atoms with Crippen LogP contribution >= 0.6 is 0 Å². The Hall–Kier alpha value is -3.27. The van der Waals surface area contributed by atoms with Crippen molar-refractivity contribution in [3.8, 4) is 17.6 Å². The summed E-state index contributed by atoms with van der Waals surface area (Å²) in [7, 11) is 1.43. The molecule has 0 atom stereocenters. The van der Waals surface area contributed by atoms with E-state index >= 15 is 0 Å². The number of hydrogen-bond donors (Lipinski definition) is 1. The molecule has 40 heavy (non-hydrogen) atoms. The lowest BCUT2D eigenvalue weighted by atomic mass is 9.72. The number of nitriles is 1. The lowest BCUT2D eigenvalue weighted by Crippen LogP contribution is -2.39. The third-order valence-corrected chi connectivity index (χ3v) is 7.50. The largest absolute Gasteiger partial charge is 0.493 e. The van der Waals surface area contributed by atoms with Gasteiger partial charge in [0.25, 0.3) is 5.91 Å². The number of aromatic nitrogens is 3. The topological polar surface area (TPSA) is 127 Å². The van der Waals surface area contributed by atoms with Gasteiger partial charge in [-0.15, -0.1) is 0 Å². The number of carbonyl (C=O) groups excluding carboxylic acids is 1. The lowest BCUT2D eigenvalue weighted by molar-refractivity contribution is -0.211. The number of alkyl halides is 3. The van der Waals surface area contributed by atoms with Gasteiger partial charge in [0, 0.05) is 19.2 Å². The molecule has 2 heterocycles. The van der Waals surface area contributed by atoms with Gasteiger partial charge >= 0.3 is 17.7 Å². The highest BCUT2D eigenvalue weighted by atomic mass is 32.1. The van der Waals surface area contributed by atoms with E-state index in [9.17, 15) is 23.2 Å². The monoisotopic (exact) mass is 583 g/mol. The van der Waals surface area contributed by atoms with Crippen molar-refractivity contribution in [2.24, 2.45) is 16.7 Å². The van der Waals surface area contributed by atoms with Gasteiger partial charge in [-0.05, 0) is 56.6 Å². The number of nitrogens with one attached hydrogen (secondary N) is 1. The van der Waals surface area contributed by atoms with E-state index < -0.39 is 28.6 Å². The number of carbonyl (C=O) groups is 1. The second-order valence-electron chi connectivity index (χ2n) is 10.9. The third-order valence-electron chi connectivity index (χ3n) is 7.50. The molecule has 0 bridgehead atoms. The molecule has 0 radical (unpaired) electrons. The van der Waals surface area contributed by atoms with Crippen molar-refractivity contribution in [2.75, 3.05) is 13.7 Å². The summed E-state index contributed by atoms with van der Waals surface area (Å²) in [6.45, 7) is 8.36. The fourth-order valence-electron chi connectivity index (χ4n) is 4.77. The summed E-state index contributed by atoms with van der Waals surface area (Å²) in [5.74, 6) is 1.42. The molecule has 0 unspecified atom stereocenters. The molecular weight excluding hydrogens is 547 g/mol. The van der Waals surface area contributed by atoms with Crippen LogP contribution < -0.4 is 10.1 Å². The smallest absolute Gasteiger partial charge is 0.394 e. The molecule has 3 rings (SSSR count). The van der Waals surface area contributed by atoms with Crippen LogP contribution in [0.25, 0.3) is 5.82 Å². The number of imidazole rings is 1. The van der Waals surface area contributed by atoms with Gasteiger partial charge in [-0.25, -0.2) is 9.97 Å². The molecule has 2 aromatic heterocycles. The molecule has 0 aromatic carbocycles. The normalized spacial score (nSPS) is 19.1. The first-order valence-electron chi connectivity index (χ1n) is 13.0. The summed E-state index contributed by atoms with van der Waals surface area (Å²) in [5, 5.41) is 12.7. The number of hydrogen-bond acceptors (Lipinski definition) is 7. The minimum Gasteiger partial charge on any atom is -0.493 e. The number of pyridine rings is 1. The minimum absolute atomic E-state index is 0.222. The van der Waals surface area contributed by atoms with Crippen LogP contribution in [0, 0.1) is 35.0 Å². The second kappa shape index (κ2) is 13.4. The number of nitrogens with zero attached hydrogens (tertiary/aromatic N) is 4. The SMILES string of the molecule is CCc1nc(C(=O)NCC2(C#N)CCC(C)CC2)c(C)n1-c1ncc(CC(C)(C)C(F)(F)F)cc1OC.O=S=O. The number of amides is 1. The first kappa shape index (κ1) is 32.9. The van der Waals surface area contributed by atoms with Gasteiger partial charge < -0.3 is 10.1 Å². The number of ether oxygens (including phenoxy) is 1. The Bertz CT molecular complexity index is 1270. The molecule has 0 spiro atoms. The van der Waals surface area contributed by atoms with E-state index in [4.69, 9.17) is 13.2 Å². The van der Waals surface area contributed by atoms with Crippen molar-refractivity contribution >= 4 is 17.5 Å². The molecule has 1 aliphatic carbocycles. The number of methoxy groups -OCH3 is 1. The standard InChI is InChI=1S/C27H36F3N5O2.O2S/c1-7-21-34-22(24(36)33-16-26(15-31)10-8-17(2)9-11-26)18(3)35(21)23-20(37-6)12-19(14-32-23)13-25(4,5)27(28,29)30;1-3-2/h12,14,17H,7-11,13,16H2,1-6H3,(H,33,36);. The molecule has 220 valence electrons. The molecule has 1 aliphatic rings. The molecule has 13 heteroatoms. The van der Waals surface area contributed by atoms with Crippen molar-refractivity contribution in [1.82, 2.24) is 19.9 Å². The molecule has 1 amide bonds. The Morgan fingerprint density at radius 2 is 1.90 bits per heavy atom. The Kier molecular flexibility index (Phi) is 11.0. The van der Waals surface area contributed by atoms with Crippen LogP contribution in [0.4, 0.5) is 13.2 Å². The summed E-state index contributed by atoms with van der Waals surface area (Å²) in [5.41, 5.74) is -1.35. The van der Waals surface area contributed by atoms with Gasteiger partial charge in [-0.1, -0.05) is 27.7 Å². The van der Waals surface area contributed by atoms with Crippen molar-refractivity contribution in [2.45, 2.75) is 79.3 Å².